The Labute approximate surface area is 118 Å². The normalized spacial score (nSPS) is 16.4. The van der Waals surface area contributed by atoms with Crippen LogP contribution in [-0.2, 0) is 9.53 Å². The lowest BCUT2D eigenvalue weighted by atomic mass is 10.3. The third-order valence-corrected chi connectivity index (χ3v) is 3.11. The molecule has 0 atom stereocenters. The molecule has 6 nitrogen and oxygen atoms in total. The minimum absolute atomic E-state index is 0.0932. The molecule has 2 rings (SSSR count). The van der Waals surface area contributed by atoms with Gasteiger partial charge in [-0.15, -0.1) is 0 Å². The highest BCUT2D eigenvalue weighted by molar-refractivity contribution is 5.91. The van der Waals surface area contributed by atoms with Gasteiger partial charge in [-0.25, -0.2) is 0 Å². The summed E-state index contributed by atoms with van der Waals surface area (Å²) >= 11 is 0. The zero-order valence-corrected chi connectivity index (χ0v) is 11.9. The van der Waals surface area contributed by atoms with Crippen LogP contribution in [0.5, 0.6) is 0 Å². The van der Waals surface area contributed by atoms with Crippen molar-refractivity contribution in [1.29, 1.82) is 0 Å². The molecule has 1 fully saturated rings. The number of ether oxygens (including phenoxy) is 1. The minimum Gasteiger partial charge on any atom is -0.462 e. The first kappa shape index (κ1) is 14.6. The highest BCUT2D eigenvalue weighted by atomic mass is 16.5. The topological polar surface area (TPSA) is 63.0 Å². The number of nitrogens with zero attached hydrogens (tertiary/aromatic N) is 2. The molecule has 1 aromatic rings. The molecule has 0 N–H and O–H groups in total. The van der Waals surface area contributed by atoms with E-state index >= 15 is 0 Å². The van der Waals surface area contributed by atoms with Crippen molar-refractivity contribution in [1.82, 2.24) is 9.80 Å². The van der Waals surface area contributed by atoms with Gasteiger partial charge in [-0.05, 0) is 26.0 Å². The Morgan fingerprint density at radius 2 is 2.00 bits per heavy atom. The summed E-state index contributed by atoms with van der Waals surface area (Å²) in [6.45, 7) is 6.46. The summed E-state index contributed by atoms with van der Waals surface area (Å²) in [5.74, 6) is 0.0443. The summed E-state index contributed by atoms with van der Waals surface area (Å²) < 4.78 is 10.2. The monoisotopic (exact) mass is 280 g/mol. The fraction of sp³-hybridized carbons (Fsp3) is 0.571. The summed E-state index contributed by atoms with van der Waals surface area (Å²) in [5.41, 5.74) is 0. The molecule has 0 aromatic carbocycles. The Hall–Kier alpha value is -1.82. The lowest BCUT2D eigenvalue weighted by Crippen LogP contribution is -2.50. The summed E-state index contributed by atoms with van der Waals surface area (Å²) in [7, 11) is 0. The number of carbonyl (C=O) groups excluding carboxylic acids is 2. The van der Waals surface area contributed by atoms with Gasteiger partial charge in [-0.2, -0.15) is 0 Å². The summed E-state index contributed by atoms with van der Waals surface area (Å²) in [6.07, 6.45) is 1.40. The van der Waals surface area contributed by atoms with Crippen LogP contribution in [0, 0.1) is 0 Å². The van der Waals surface area contributed by atoms with Gasteiger partial charge in [0.2, 0.25) is 0 Å². The van der Waals surface area contributed by atoms with Crippen LogP contribution in [0.1, 0.15) is 24.4 Å². The molecule has 20 heavy (non-hydrogen) atoms. The van der Waals surface area contributed by atoms with E-state index in [1.54, 1.807) is 17.0 Å². The zero-order valence-electron chi connectivity index (χ0n) is 11.9. The van der Waals surface area contributed by atoms with Crippen LogP contribution in [0.25, 0.3) is 0 Å². The smallest absolute Gasteiger partial charge is 0.320 e. The van der Waals surface area contributed by atoms with Gasteiger partial charge in [0.1, 0.15) is 0 Å². The van der Waals surface area contributed by atoms with Crippen LogP contribution in [0.3, 0.4) is 0 Å². The number of hydrogen-bond acceptors (Lipinski definition) is 5. The fourth-order valence-electron chi connectivity index (χ4n) is 2.15. The Morgan fingerprint density at radius 1 is 1.30 bits per heavy atom. The molecule has 6 heteroatoms. The second-order valence-electron chi connectivity index (χ2n) is 5.08. The second kappa shape index (κ2) is 6.56. The fourth-order valence-corrected chi connectivity index (χ4v) is 2.15. The molecular weight excluding hydrogens is 260 g/mol. The maximum Gasteiger partial charge on any atom is 0.320 e. The van der Waals surface area contributed by atoms with Crippen LogP contribution in [0.2, 0.25) is 0 Å². The average Bonchev–Trinajstić information content (AvgIpc) is 2.91. The second-order valence-corrected chi connectivity index (χ2v) is 5.08. The molecule has 0 unspecified atom stereocenters. The molecule has 1 aliphatic heterocycles. The molecule has 110 valence electrons. The first-order valence-corrected chi connectivity index (χ1v) is 6.81. The molecule has 1 saturated heterocycles. The number of furan rings is 1. The Bertz CT molecular complexity index is 448. The molecule has 0 bridgehead atoms. The van der Waals surface area contributed by atoms with Gasteiger partial charge in [-0.1, -0.05) is 0 Å². The molecule has 0 aliphatic carbocycles. The Kier molecular flexibility index (Phi) is 4.79. The number of piperazine rings is 1. The van der Waals surface area contributed by atoms with Gasteiger partial charge in [0.15, 0.2) is 5.76 Å². The number of esters is 1. The molecule has 0 saturated carbocycles. The van der Waals surface area contributed by atoms with Crippen molar-refractivity contribution in [3.05, 3.63) is 24.2 Å². The molecule has 1 aromatic heterocycles. The van der Waals surface area contributed by atoms with Crippen molar-refractivity contribution < 1.29 is 18.7 Å². The molecule has 0 spiro atoms. The standard InChI is InChI=1S/C14H20N2O4/c1-11(2)20-13(17)10-15-5-7-16(8-6-15)14(18)12-4-3-9-19-12/h3-4,9,11H,5-8,10H2,1-2H3. The molecule has 1 aliphatic rings. The lowest BCUT2D eigenvalue weighted by molar-refractivity contribution is -0.149. The van der Waals surface area contributed by atoms with Gasteiger partial charge in [-0.3, -0.25) is 14.5 Å². The molecule has 2 heterocycles. The molecular formula is C14H20N2O4. The SMILES string of the molecule is CC(C)OC(=O)CN1CCN(C(=O)c2ccco2)CC1. The summed E-state index contributed by atoms with van der Waals surface area (Å²) in [6, 6.07) is 3.36. The van der Waals surface area contributed by atoms with Crippen LogP contribution in [-0.4, -0.2) is 60.5 Å². The van der Waals surface area contributed by atoms with Crippen molar-refractivity contribution in [2.45, 2.75) is 20.0 Å². The third-order valence-electron chi connectivity index (χ3n) is 3.11. The van der Waals surface area contributed by atoms with Gasteiger partial charge in [0.25, 0.3) is 5.91 Å². The van der Waals surface area contributed by atoms with E-state index < -0.39 is 0 Å². The van der Waals surface area contributed by atoms with Crippen molar-refractivity contribution in [2.75, 3.05) is 32.7 Å². The quantitative estimate of drug-likeness (QED) is 0.770. The van der Waals surface area contributed by atoms with Crippen molar-refractivity contribution in [3.63, 3.8) is 0 Å². The number of carbonyl (C=O) groups is 2. The summed E-state index contributed by atoms with van der Waals surface area (Å²) in [5, 5.41) is 0. The van der Waals surface area contributed by atoms with Crippen LogP contribution in [0.15, 0.2) is 22.8 Å². The van der Waals surface area contributed by atoms with Gasteiger partial charge >= 0.3 is 5.97 Å². The Morgan fingerprint density at radius 3 is 2.55 bits per heavy atom. The maximum absolute atomic E-state index is 12.1. The van der Waals surface area contributed by atoms with Crippen molar-refractivity contribution in [3.8, 4) is 0 Å². The van der Waals surface area contributed by atoms with Crippen LogP contribution in [0.4, 0.5) is 0 Å². The molecule has 0 radical (unpaired) electrons. The highest BCUT2D eigenvalue weighted by Gasteiger charge is 2.24. The average molecular weight is 280 g/mol. The largest absolute Gasteiger partial charge is 0.462 e. The van der Waals surface area contributed by atoms with Crippen LogP contribution < -0.4 is 0 Å². The van der Waals surface area contributed by atoms with E-state index in [4.69, 9.17) is 9.15 Å². The van der Waals surface area contributed by atoms with E-state index in [0.717, 1.165) is 0 Å². The number of hydrogen-bond donors (Lipinski definition) is 0. The maximum atomic E-state index is 12.1. The predicted octanol–water partition coefficient (Wildman–Crippen LogP) is 0.989. The van der Waals surface area contributed by atoms with E-state index in [2.05, 4.69) is 0 Å². The van der Waals surface area contributed by atoms with E-state index in [-0.39, 0.29) is 24.5 Å². The lowest BCUT2D eigenvalue weighted by Gasteiger charge is -2.33. The van der Waals surface area contributed by atoms with Crippen molar-refractivity contribution in [2.24, 2.45) is 0 Å². The van der Waals surface area contributed by atoms with Crippen LogP contribution >= 0.6 is 0 Å². The first-order chi connectivity index (χ1) is 9.56. The van der Waals surface area contributed by atoms with Crippen molar-refractivity contribution >= 4 is 11.9 Å². The Balaban J connectivity index is 1.78. The molecule has 1 amide bonds. The highest BCUT2D eigenvalue weighted by Crippen LogP contribution is 2.09. The van der Waals surface area contributed by atoms with E-state index in [1.165, 1.54) is 6.26 Å². The number of rotatable bonds is 4. The zero-order chi connectivity index (χ0) is 14.5. The predicted molar refractivity (Wildman–Crippen MR) is 72.3 cm³/mol. The van der Waals surface area contributed by atoms with E-state index in [1.807, 2.05) is 18.7 Å². The van der Waals surface area contributed by atoms with Gasteiger partial charge < -0.3 is 14.1 Å². The summed E-state index contributed by atoms with van der Waals surface area (Å²) in [4.78, 5) is 27.4. The first-order valence-electron chi connectivity index (χ1n) is 6.81. The van der Waals surface area contributed by atoms with Gasteiger partial charge in [0.05, 0.1) is 18.9 Å². The van der Waals surface area contributed by atoms with E-state index in [0.29, 0.717) is 31.9 Å². The third kappa shape index (κ3) is 3.84. The number of amides is 1. The minimum atomic E-state index is -0.217. The van der Waals surface area contributed by atoms with Gasteiger partial charge in [0, 0.05) is 26.2 Å². The van der Waals surface area contributed by atoms with E-state index in [9.17, 15) is 9.59 Å².